The van der Waals surface area contributed by atoms with Crippen LogP contribution in [0.5, 0.6) is 0 Å². The molecule has 0 saturated carbocycles. The van der Waals surface area contributed by atoms with E-state index in [2.05, 4.69) is 4.98 Å². The van der Waals surface area contributed by atoms with E-state index in [0.717, 1.165) is 4.90 Å². The molecule has 1 atom stereocenters. The van der Waals surface area contributed by atoms with Gasteiger partial charge in [0, 0.05) is 28.9 Å². The Balaban J connectivity index is 2.49. The second kappa shape index (κ2) is 7.68. The second-order valence-corrected chi connectivity index (χ2v) is 7.64. The zero-order valence-corrected chi connectivity index (χ0v) is 16.1. The average Bonchev–Trinajstić information content (AvgIpc) is 2.69. The number of nitrogens with zero attached hydrogens (tertiary/aromatic N) is 1. The molecule has 0 radical (unpaired) electrons. The Morgan fingerprint density at radius 2 is 1.83 bits per heavy atom. The molecule has 1 unspecified atom stereocenters. The predicted molar refractivity (Wildman–Crippen MR) is 96.0 cm³/mol. The summed E-state index contributed by atoms with van der Waals surface area (Å²) in [7, 11) is 1.64. The average molecular weight is 389 g/mol. The summed E-state index contributed by atoms with van der Waals surface area (Å²) < 4.78 is 6.89. The SMILES string of the molecule is CC(=O)OC(c1c(Sc2cc(Cl)cc(Cl)c2)[nH]c(=O)n1C)C(C)C. The van der Waals surface area contributed by atoms with Gasteiger partial charge in [0.05, 0.1) is 5.69 Å². The van der Waals surface area contributed by atoms with Crippen LogP contribution in [-0.4, -0.2) is 15.5 Å². The quantitative estimate of drug-likeness (QED) is 0.769. The molecule has 1 N–H and O–H groups in total. The van der Waals surface area contributed by atoms with E-state index in [1.165, 1.54) is 23.3 Å². The summed E-state index contributed by atoms with van der Waals surface area (Å²) in [6.07, 6.45) is -0.538. The first-order valence-electron chi connectivity index (χ1n) is 7.29. The molecular formula is C16H18Cl2N2O3S. The number of hydrogen-bond donors (Lipinski definition) is 1. The smallest absolute Gasteiger partial charge is 0.326 e. The van der Waals surface area contributed by atoms with Crippen molar-refractivity contribution in [1.82, 2.24) is 9.55 Å². The highest BCUT2D eigenvalue weighted by atomic mass is 35.5. The van der Waals surface area contributed by atoms with Crippen molar-refractivity contribution in [2.45, 2.75) is 36.8 Å². The molecular weight excluding hydrogens is 371 g/mol. The van der Waals surface area contributed by atoms with Crippen LogP contribution >= 0.6 is 35.0 Å². The number of aromatic nitrogens is 2. The maximum Gasteiger partial charge on any atom is 0.326 e. The van der Waals surface area contributed by atoms with E-state index in [9.17, 15) is 9.59 Å². The number of aromatic amines is 1. The molecule has 0 bridgehead atoms. The fourth-order valence-electron chi connectivity index (χ4n) is 2.30. The van der Waals surface area contributed by atoms with Crippen molar-refractivity contribution in [3.8, 4) is 0 Å². The van der Waals surface area contributed by atoms with Crippen LogP contribution in [0.1, 0.15) is 32.6 Å². The first-order chi connectivity index (χ1) is 11.2. The highest BCUT2D eigenvalue weighted by molar-refractivity contribution is 7.99. The number of H-pyrrole nitrogens is 1. The summed E-state index contributed by atoms with van der Waals surface area (Å²) in [5, 5.41) is 1.61. The molecule has 5 nitrogen and oxygen atoms in total. The number of hydrogen-bond acceptors (Lipinski definition) is 4. The molecule has 0 amide bonds. The lowest BCUT2D eigenvalue weighted by Crippen LogP contribution is -2.21. The lowest BCUT2D eigenvalue weighted by atomic mass is 10.0. The molecule has 0 aliphatic carbocycles. The van der Waals surface area contributed by atoms with Crippen LogP contribution in [0.3, 0.4) is 0 Å². The Morgan fingerprint density at radius 1 is 1.25 bits per heavy atom. The van der Waals surface area contributed by atoms with Crippen LogP contribution in [0, 0.1) is 5.92 Å². The normalized spacial score (nSPS) is 12.5. The third kappa shape index (κ3) is 4.37. The summed E-state index contributed by atoms with van der Waals surface area (Å²) in [6.45, 7) is 5.20. The van der Waals surface area contributed by atoms with E-state index >= 15 is 0 Å². The number of carbonyl (C=O) groups is 1. The van der Waals surface area contributed by atoms with Gasteiger partial charge in [-0.25, -0.2) is 4.79 Å². The van der Waals surface area contributed by atoms with Crippen LogP contribution in [0.2, 0.25) is 10.0 Å². The van der Waals surface area contributed by atoms with Crippen LogP contribution in [-0.2, 0) is 16.6 Å². The molecule has 8 heteroatoms. The molecule has 0 aliphatic rings. The lowest BCUT2D eigenvalue weighted by molar-refractivity contribution is -0.149. The van der Waals surface area contributed by atoms with E-state index < -0.39 is 12.1 Å². The highest BCUT2D eigenvalue weighted by Gasteiger charge is 2.27. The van der Waals surface area contributed by atoms with Crippen molar-refractivity contribution in [2.75, 3.05) is 0 Å². The summed E-state index contributed by atoms with van der Waals surface area (Å²) in [4.78, 5) is 27.1. The number of imidazole rings is 1. The molecule has 2 aromatic rings. The van der Waals surface area contributed by atoms with Crippen molar-refractivity contribution in [3.05, 3.63) is 44.4 Å². The molecule has 0 fully saturated rings. The zero-order chi connectivity index (χ0) is 18.0. The van der Waals surface area contributed by atoms with Crippen molar-refractivity contribution >= 4 is 40.9 Å². The summed E-state index contributed by atoms with van der Waals surface area (Å²) in [6, 6.07) is 5.14. The Kier molecular flexibility index (Phi) is 6.06. The van der Waals surface area contributed by atoms with Gasteiger partial charge in [0.1, 0.15) is 11.1 Å². The van der Waals surface area contributed by atoms with Gasteiger partial charge in [0.2, 0.25) is 0 Å². The number of benzene rings is 1. The monoisotopic (exact) mass is 388 g/mol. The minimum absolute atomic E-state index is 0.00222. The minimum atomic E-state index is -0.538. The number of esters is 1. The molecule has 1 heterocycles. The third-order valence-corrected chi connectivity index (χ3v) is 4.77. The van der Waals surface area contributed by atoms with E-state index in [0.29, 0.717) is 20.8 Å². The summed E-state index contributed by atoms with van der Waals surface area (Å²) >= 11 is 13.4. The Morgan fingerprint density at radius 3 is 2.33 bits per heavy atom. The number of nitrogens with one attached hydrogen (secondary N) is 1. The minimum Gasteiger partial charge on any atom is -0.456 e. The molecule has 0 saturated heterocycles. The maximum absolute atomic E-state index is 12.1. The first kappa shape index (κ1) is 19.0. The second-order valence-electron chi connectivity index (χ2n) is 5.68. The molecule has 0 aliphatic heterocycles. The van der Waals surface area contributed by atoms with Gasteiger partial charge < -0.3 is 9.72 Å². The zero-order valence-electron chi connectivity index (χ0n) is 13.7. The summed E-state index contributed by atoms with van der Waals surface area (Å²) in [5.74, 6) is -0.401. The van der Waals surface area contributed by atoms with Crippen molar-refractivity contribution in [3.63, 3.8) is 0 Å². The fraction of sp³-hybridized carbons (Fsp3) is 0.375. The predicted octanol–water partition coefficient (Wildman–Crippen LogP) is 4.43. The Hall–Kier alpha value is -1.37. The topological polar surface area (TPSA) is 64.1 Å². The molecule has 24 heavy (non-hydrogen) atoms. The van der Waals surface area contributed by atoms with Gasteiger partial charge in [-0.2, -0.15) is 0 Å². The first-order valence-corrected chi connectivity index (χ1v) is 8.86. The number of ether oxygens (including phenoxy) is 1. The summed E-state index contributed by atoms with van der Waals surface area (Å²) in [5.41, 5.74) is 0.338. The van der Waals surface area contributed by atoms with E-state index in [-0.39, 0.29) is 11.6 Å². The van der Waals surface area contributed by atoms with Crippen molar-refractivity contribution < 1.29 is 9.53 Å². The van der Waals surface area contributed by atoms with Crippen LogP contribution in [0.15, 0.2) is 32.9 Å². The van der Waals surface area contributed by atoms with Gasteiger partial charge in [-0.15, -0.1) is 0 Å². The molecule has 1 aromatic heterocycles. The lowest BCUT2D eigenvalue weighted by Gasteiger charge is -2.22. The largest absolute Gasteiger partial charge is 0.456 e. The van der Waals surface area contributed by atoms with Crippen LogP contribution < -0.4 is 5.69 Å². The highest BCUT2D eigenvalue weighted by Crippen LogP contribution is 2.37. The van der Waals surface area contributed by atoms with Gasteiger partial charge in [0.15, 0.2) is 0 Å². The number of halogens is 2. The number of carbonyl (C=O) groups excluding carboxylic acids is 1. The molecule has 0 spiro atoms. The van der Waals surface area contributed by atoms with Crippen molar-refractivity contribution in [1.29, 1.82) is 0 Å². The maximum atomic E-state index is 12.1. The Bertz CT molecular complexity index is 794. The van der Waals surface area contributed by atoms with Crippen molar-refractivity contribution in [2.24, 2.45) is 13.0 Å². The number of rotatable bonds is 5. The molecule has 2 rings (SSSR count). The van der Waals surface area contributed by atoms with Gasteiger partial charge in [0.25, 0.3) is 0 Å². The van der Waals surface area contributed by atoms with Gasteiger partial charge in [-0.1, -0.05) is 48.8 Å². The van der Waals surface area contributed by atoms with E-state index in [1.54, 1.807) is 25.2 Å². The Labute approximate surface area is 154 Å². The third-order valence-electron chi connectivity index (χ3n) is 3.34. The van der Waals surface area contributed by atoms with E-state index in [1.807, 2.05) is 13.8 Å². The van der Waals surface area contributed by atoms with Crippen LogP contribution in [0.25, 0.3) is 0 Å². The molecule has 1 aromatic carbocycles. The molecule has 130 valence electrons. The fourth-order valence-corrected chi connectivity index (χ4v) is 4.06. The van der Waals surface area contributed by atoms with E-state index in [4.69, 9.17) is 27.9 Å². The van der Waals surface area contributed by atoms with Gasteiger partial charge in [-0.3, -0.25) is 9.36 Å². The van der Waals surface area contributed by atoms with Gasteiger partial charge >= 0.3 is 11.7 Å². The van der Waals surface area contributed by atoms with Crippen LogP contribution in [0.4, 0.5) is 0 Å². The van der Waals surface area contributed by atoms with Gasteiger partial charge in [-0.05, 0) is 24.1 Å². The standard InChI is InChI=1S/C16H18Cl2N2O3S/c1-8(2)14(23-9(3)21)13-15(19-16(22)20(13)4)24-12-6-10(17)5-11(18)7-12/h5-8,14H,1-4H3,(H,19,22).